The van der Waals surface area contributed by atoms with E-state index in [1.165, 1.54) is 24.0 Å². The predicted molar refractivity (Wildman–Crippen MR) is 209 cm³/mol. The Morgan fingerprint density at radius 2 is 1.63 bits per heavy atom. The Morgan fingerprint density at radius 3 is 2.30 bits per heavy atom. The number of carbonyl (C=O) groups is 6. The van der Waals surface area contributed by atoms with E-state index < -0.39 is 76.4 Å². The van der Waals surface area contributed by atoms with Crippen LogP contribution in [0.4, 0.5) is 4.79 Å². The van der Waals surface area contributed by atoms with E-state index in [1.807, 2.05) is 37.3 Å². The average Bonchev–Trinajstić information content (AvgIpc) is 3.68. The molecule has 0 aromatic heterocycles. The zero-order chi connectivity index (χ0) is 42.0. The molecule has 0 unspecified atom stereocenters. The lowest BCUT2D eigenvalue weighted by Crippen LogP contribution is -2.57. The molecule has 1 aliphatic heterocycles. The highest BCUT2D eigenvalue weighted by Crippen LogP contribution is 2.20. The number of nitrogens with two attached hydrogens (primary N) is 2. The van der Waals surface area contributed by atoms with E-state index in [9.17, 15) is 42.3 Å². The largest absolute Gasteiger partial charge is 0.480 e. The van der Waals surface area contributed by atoms with E-state index >= 15 is 0 Å². The maximum Gasteiger partial charge on any atom is 0.407 e. The van der Waals surface area contributed by atoms with Crippen LogP contribution in [0.1, 0.15) is 63.0 Å². The van der Waals surface area contributed by atoms with Gasteiger partial charge in [0.15, 0.2) is 0 Å². The van der Waals surface area contributed by atoms with Gasteiger partial charge in [-0.15, -0.1) is 0 Å². The van der Waals surface area contributed by atoms with Crippen molar-refractivity contribution < 1.29 is 47.0 Å². The standard InChI is InChI=1S/C37H53N9O10S/c1-24-15-17-27(18-16-24)57(54,55)45-36(39)40-20-8-13-28(43-31(47)22-38)34(50)46-21-9-14-30(46)33(49)42-25(2)32(48)44-29(35(51)52)12-6-7-19-41-37(53)56-23-26-10-4-3-5-11-26/h3-5,10-11,15-18,25,28-30H,6-9,12-14,19-23,38H2,1-2H3,(H,41,53)(H,42,49)(H,43,47)(H,44,48)(H,51,52)(H3,39,40,45)/t25-,28-,29-,30-/m0/s1. The number of aryl methyl sites for hydroxylation is 1. The SMILES string of the molecule is Cc1ccc(S(=O)(=O)NC(N)=NCCC[C@H](NC(=O)CN)C(=O)N2CCC[C@H]2C(=O)N[C@@H](C)C(=O)N[C@@H](CCCCNC(=O)OCc2ccccc2)C(=O)O)cc1. The van der Waals surface area contributed by atoms with Crippen LogP contribution in [-0.4, -0.2) is 110 Å². The molecule has 1 fully saturated rings. The molecule has 2 aromatic rings. The second kappa shape index (κ2) is 22.7. The summed E-state index contributed by atoms with van der Waals surface area (Å²) in [6.45, 7) is 3.33. The molecule has 19 nitrogen and oxygen atoms in total. The number of ether oxygens (including phenoxy) is 1. The van der Waals surface area contributed by atoms with Gasteiger partial charge in [-0.2, -0.15) is 0 Å². The molecular weight excluding hydrogens is 763 g/mol. The minimum atomic E-state index is -3.97. The zero-order valence-corrected chi connectivity index (χ0v) is 32.9. The number of sulfonamides is 1. The molecule has 0 radical (unpaired) electrons. The van der Waals surface area contributed by atoms with Gasteiger partial charge in [0.05, 0.1) is 11.4 Å². The molecule has 0 bridgehead atoms. The second-order valence-corrected chi connectivity index (χ2v) is 15.1. The molecule has 20 heteroatoms. The molecule has 4 atom stereocenters. The normalized spacial score (nSPS) is 15.7. The van der Waals surface area contributed by atoms with Crippen molar-refractivity contribution in [2.45, 2.75) is 94.5 Å². The monoisotopic (exact) mass is 815 g/mol. The Morgan fingerprint density at radius 1 is 0.947 bits per heavy atom. The Hall–Kier alpha value is -5.76. The number of aliphatic carboxylic acids is 1. The summed E-state index contributed by atoms with van der Waals surface area (Å²) in [6.07, 6.45) is 1.21. The van der Waals surface area contributed by atoms with Crippen LogP contribution in [0.25, 0.3) is 0 Å². The number of carbonyl (C=O) groups excluding carboxylic acids is 5. The first-order chi connectivity index (χ1) is 27.1. The van der Waals surface area contributed by atoms with Crippen molar-refractivity contribution in [3.8, 4) is 0 Å². The number of carboxylic acid groups (broad SMARTS) is 1. The van der Waals surface area contributed by atoms with Gasteiger partial charge in [0.25, 0.3) is 10.0 Å². The lowest BCUT2D eigenvalue weighted by molar-refractivity contribution is -0.143. The maximum atomic E-state index is 13.7. The summed E-state index contributed by atoms with van der Waals surface area (Å²) in [5.74, 6) is -4.19. The van der Waals surface area contributed by atoms with Gasteiger partial charge in [-0.05, 0) is 76.5 Å². The van der Waals surface area contributed by atoms with Crippen LogP contribution in [-0.2, 0) is 45.3 Å². The number of unbranched alkanes of at least 4 members (excludes halogenated alkanes) is 1. The molecular formula is C37H53N9O10S. The Labute approximate surface area is 331 Å². The molecule has 0 saturated carbocycles. The molecule has 1 aliphatic rings. The summed E-state index contributed by atoms with van der Waals surface area (Å²) < 4.78 is 32.5. The summed E-state index contributed by atoms with van der Waals surface area (Å²) in [5.41, 5.74) is 13.0. The fourth-order valence-corrected chi connectivity index (χ4v) is 6.77. The lowest BCUT2D eigenvalue weighted by atomic mass is 10.1. The number of benzene rings is 2. The highest BCUT2D eigenvalue weighted by molar-refractivity contribution is 7.90. The number of nitrogens with zero attached hydrogens (tertiary/aromatic N) is 2. The van der Waals surface area contributed by atoms with Gasteiger partial charge in [0, 0.05) is 19.6 Å². The van der Waals surface area contributed by atoms with Gasteiger partial charge >= 0.3 is 12.1 Å². The molecule has 10 N–H and O–H groups in total. The van der Waals surface area contributed by atoms with Crippen molar-refractivity contribution in [2.24, 2.45) is 16.5 Å². The minimum Gasteiger partial charge on any atom is -0.480 e. The van der Waals surface area contributed by atoms with Crippen molar-refractivity contribution in [1.29, 1.82) is 0 Å². The van der Waals surface area contributed by atoms with Crippen LogP contribution in [0.3, 0.4) is 0 Å². The third-order valence-corrected chi connectivity index (χ3v) is 10.3. The molecule has 1 saturated heterocycles. The van der Waals surface area contributed by atoms with Gasteiger partial charge in [0.2, 0.25) is 29.6 Å². The number of guanidine groups is 1. The van der Waals surface area contributed by atoms with E-state index in [1.54, 1.807) is 12.1 Å². The first-order valence-electron chi connectivity index (χ1n) is 18.6. The molecule has 312 valence electrons. The van der Waals surface area contributed by atoms with Gasteiger partial charge in [-0.3, -0.25) is 24.2 Å². The molecule has 0 aliphatic carbocycles. The third-order valence-electron chi connectivity index (χ3n) is 8.93. The summed E-state index contributed by atoms with van der Waals surface area (Å²) in [7, 11) is -3.97. The number of likely N-dealkylation sites (tertiary alicyclic amines) is 1. The first kappa shape index (κ1) is 45.6. The number of hydrogen-bond donors (Lipinski definition) is 8. The fraction of sp³-hybridized carbons (Fsp3) is 0.486. The number of hydrogen-bond acceptors (Lipinski definition) is 11. The van der Waals surface area contributed by atoms with Gasteiger partial charge in [0.1, 0.15) is 30.8 Å². The van der Waals surface area contributed by atoms with E-state index in [0.29, 0.717) is 19.3 Å². The first-order valence-corrected chi connectivity index (χ1v) is 20.1. The van der Waals surface area contributed by atoms with E-state index in [0.717, 1.165) is 11.1 Å². The lowest BCUT2D eigenvalue weighted by Gasteiger charge is -2.29. The third kappa shape index (κ3) is 15.4. The van der Waals surface area contributed by atoms with Crippen LogP contribution in [0, 0.1) is 6.92 Å². The van der Waals surface area contributed by atoms with Crippen molar-refractivity contribution >= 4 is 51.7 Å². The molecule has 5 amide bonds. The summed E-state index contributed by atoms with van der Waals surface area (Å²) >= 11 is 0. The number of carboxylic acids is 1. The quantitative estimate of drug-likeness (QED) is 0.0469. The van der Waals surface area contributed by atoms with Gasteiger partial charge < -0.3 is 47.5 Å². The maximum absolute atomic E-state index is 13.7. The van der Waals surface area contributed by atoms with E-state index in [-0.39, 0.29) is 62.8 Å². The Balaban J connectivity index is 1.48. The van der Waals surface area contributed by atoms with Gasteiger partial charge in [-0.25, -0.2) is 22.7 Å². The van der Waals surface area contributed by atoms with Crippen molar-refractivity contribution in [2.75, 3.05) is 26.2 Å². The number of amides is 5. The Bertz CT molecular complexity index is 1830. The number of rotatable bonds is 21. The molecule has 2 aromatic carbocycles. The molecule has 1 heterocycles. The van der Waals surface area contributed by atoms with E-state index in [4.69, 9.17) is 16.2 Å². The smallest absolute Gasteiger partial charge is 0.407 e. The minimum absolute atomic E-state index is 0.000874. The van der Waals surface area contributed by atoms with Crippen molar-refractivity contribution in [3.63, 3.8) is 0 Å². The number of aliphatic imine (C=N–C) groups is 1. The topological polar surface area (TPSA) is 294 Å². The summed E-state index contributed by atoms with van der Waals surface area (Å²) in [6, 6.07) is 10.8. The molecule has 57 heavy (non-hydrogen) atoms. The zero-order valence-electron chi connectivity index (χ0n) is 32.1. The van der Waals surface area contributed by atoms with Crippen molar-refractivity contribution in [1.82, 2.24) is 30.9 Å². The van der Waals surface area contributed by atoms with Crippen molar-refractivity contribution in [3.05, 3.63) is 65.7 Å². The highest BCUT2D eigenvalue weighted by atomic mass is 32.2. The van der Waals surface area contributed by atoms with Crippen LogP contribution >= 0.6 is 0 Å². The average molecular weight is 816 g/mol. The highest BCUT2D eigenvalue weighted by Gasteiger charge is 2.38. The number of nitrogens with one attached hydrogen (secondary N) is 5. The Kier molecular flexibility index (Phi) is 18.2. The summed E-state index contributed by atoms with van der Waals surface area (Å²) in [4.78, 5) is 81.4. The van der Waals surface area contributed by atoms with Gasteiger partial charge in [-0.1, -0.05) is 48.0 Å². The van der Waals surface area contributed by atoms with Crippen LogP contribution in [0.15, 0.2) is 64.5 Å². The number of alkyl carbamates (subject to hydrolysis) is 1. The van der Waals surface area contributed by atoms with E-state index in [2.05, 4.69) is 31.0 Å². The second-order valence-electron chi connectivity index (χ2n) is 13.5. The molecule has 3 rings (SSSR count). The predicted octanol–water partition coefficient (Wildman–Crippen LogP) is -0.0265. The molecule has 0 spiro atoms. The van der Waals surface area contributed by atoms with Crippen LogP contribution in [0.5, 0.6) is 0 Å². The fourth-order valence-electron chi connectivity index (χ4n) is 5.82. The van der Waals surface area contributed by atoms with Crippen LogP contribution < -0.4 is 37.5 Å². The van der Waals surface area contributed by atoms with Crippen LogP contribution in [0.2, 0.25) is 0 Å². The summed E-state index contributed by atoms with van der Waals surface area (Å²) in [5, 5.41) is 19.8.